The van der Waals surface area contributed by atoms with Crippen LogP contribution >= 0.6 is 15.9 Å². The van der Waals surface area contributed by atoms with Crippen LogP contribution in [0.25, 0.3) is 0 Å². The van der Waals surface area contributed by atoms with Crippen LogP contribution in [0.15, 0.2) is 12.7 Å². The SMILES string of the molecule is C=CC(=O)OCCOCCC(=O)OC(C)(C)CBr. The average molecular weight is 323 g/mol. The molecular weight excluding hydrogens is 304 g/mol. The van der Waals surface area contributed by atoms with Gasteiger partial charge >= 0.3 is 11.9 Å². The maximum Gasteiger partial charge on any atom is 0.330 e. The smallest absolute Gasteiger partial charge is 0.330 e. The molecule has 0 saturated heterocycles. The van der Waals surface area contributed by atoms with Crippen LogP contribution in [-0.2, 0) is 23.8 Å². The summed E-state index contributed by atoms with van der Waals surface area (Å²) in [6.07, 6.45) is 1.26. The fraction of sp³-hybridized carbons (Fsp3) is 0.667. The van der Waals surface area contributed by atoms with E-state index in [9.17, 15) is 9.59 Å². The highest BCUT2D eigenvalue weighted by atomic mass is 79.9. The van der Waals surface area contributed by atoms with Crippen molar-refractivity contribution in [1.29, 1.82) is 0 Å². The molecule has 6 heteroatoms. The quantitative estimate of drug-likeness (QED) is 0.280. The molecule has 0 fully saturated rings. The minimum Gasteiger partial charge on any atom is -0.460 e. The number of hydrogen-bond acceptors (Lipinski definition) is 5. The standard InChI is InChI=1S/C12H19BrO5/c1-4-10(14)17-8-7-16-6-5-11(15)18-12(2,3)9-13/h4H,1,5-9H2,2-3H3. The van der Waals surface area contributed by atoms with E-state index in [1.165, 1.54) is 0 Å². The highest BCUT2D eigenvalue weighted by Gasteiger charge is 2.20. The summed E-state index contributed by atoms with van der Waals surface area (Å²) < 4.78 is 15.0. The van der Waals surface area contributed by atoms with Crippen LogP contribution < -0.4 is 0 Å². The fourth-order valence-electron chi connectivity index (χ4n) is 0.904. The summed E-state index contributed by atoms with van der Waals surface area (Å²) in [6.45, 7) is 7.52. The Morgan fingerprint density at radius 1 is 1.28 bits per heavy atom. The molecule has 0 aromatic carbocycles. The number of halogens is 1. The fourth-order valence-corrected chi connectivity index (χ4v) is 1.02. The number of carbonyl (C=O) groups is 2. The van der Waals surface area contributed by atoms with Crippen molar-refractivity contribution in [2.75, 3.05) is 25.2 Å². The highest BCUT2D eigenvalue weighted by Crippen LogP contribution is 2.13. The van der Waals surface area contributed by atoms with Crippen LogP contribution in [0.4, 0.5) is 0 Å². The summed E-state index contributed by atoms with van der Waals surface area (Å²) in [5, 5.41) is 0.574. The third kappa shape index (κ3) is 9.18. The first kappa shape index (κ1) is 17.1. The summed E-state index contributed by atoms with van der Waals surface area (Å²) in [6, 6.07) is 0. The van der Waals surface area contributed by atoms with Gasteiger partial charge in [0.15, 0.2) is 0 Å². The van der Waals surface area contributed by atoms with Gasteiger partial charge in [0, 0.05) is 11.4 Å². The molecule has 0 aliphatic carbocycles. The van der Waals surface area contributed by atoms with Crippen LogP contribution in [0, 0.1) is 0 Å². The molecule has 0 unspecified atom stereocenters. The monoisotopic (exact) mass is 322 g/mol. The molecule has 0 radical (unpaired) electrons. The van der Waals surface area contributed by atoms with Crippen LogP contribution in [-0.4, -0.2) is 42.7 Å². The normalized spacial score (nSPS) is 10.8. The molecule has 0 spiro atoms. The summed E-state index contributed by atoms with van der Waals surface area (Å²) in [4.78, 5) is 22.1. The van der Waals surface area contributed by atoms with Gasteiger partial charge < -0.3 is 14.2 Å². The van der Waals surface area contributed by atoms with Gasteiger partial charge in [-0.3, -0.25) is 4.79 Å². The van der Waals surface area contributed by atoms with Crippen molar-refractivity contribution in [1.82, 2.24) is 0 Å². The van der Waals surface area contributed by atoms with Gasteiger partial charge in [-0.1, -0.05) is 22.5 Å². The molecule has 0 rings (SSSR count). The van der Waals surface area contributed by atoms with Crippen molar-refractivity contribution < 1.29 is 23.8 Å². The molecular formula is C12H19BrO5. The largest absolute Gasteiger partial charge is 0.460 e. The number of carbonyl (C=O) groups excluding carboxylic acids is 2. The van der Waals surface area contributed by atoms with E-state index in [2.05, 4.69) is 22.5 Å². The lowest BCUT2D eigenvalue weighted by Crippen LogP contribution is -2.30. The van der Waals surface area contributed by atoms with E-state index in [-0.39, 0.29) is 32.2 Å². The van der Waals surface area contributed by atoms with Gasteiger partial charge in [0.25, 0.3) is 0 Å². The summed E-state index contributed by atoms with van der Waals surface area (Å²) in [5.41, 5.74) is -0.517. The van der Waals surface area contributed by atoms with Gasteiger partial charge in [-0.25, -0.2) is 4.79 Å². The van der Waals surface area contributed by atoms with Crippen LogP contribution in [0.5, 0.6) is 0 Å². The lowest BCUT2D eigenvalue weighted by atomic mass is 10.2. The van der Waals surface area contributed by atoms with Crippen LogP contribution in [0.2, 0.25) is 0 Å². The number of rotatable bonds is 9. The average Bonchev–Trinajstić information content (AvgIpc) is 2.32. The minimum absolute atomic E-state index is 0.146. The maximum absolute atomic E-state index is 11.4. The van der Waals surface area contributed by atoms with Gasteiger partial charge in [0.1, 0.15) is 12.2 Å². The second kappa shape index (κ2) is 9.10. The van der Waals surface area contributed by atoms with Gasteiger partial charge in [-0.2, -0.15) is 0 Å². The zero-order valence-electron chi connectivity index (χ0n) is 10.7. The van der Waals surface area contributed by atoms with Gasteiger partial charge in [0.05, 0.1) is 19.6 Å². The van der Waals surface area contributed by atoms with E-state index >= 15 is 0 Å². The molecule has 0 bridgehead atoms. The van der Waals surface area contributed by atoms with Crippen molar-refractivity contribution in [3.05, 3.63) is 12.7 Å². The summed E-state index contributed by atoms with van der Waals surface area (Å²) in [7, 11) is 0. The van der Waals surface area contributed by atoms with E-state index in [0.29, 0.717) is 5.33 Å². The van der Waals surface area contributed by atoms with E-state index in [1.54, 1.807) is 0 Å². The topological polar surface area (TPSA) is 61.8 Å². The first-order valence-corrected chi connectivity index (χ1v) is 6.68. The lowest BCUT2D eigenvalue weighted by molar-refractivity contribution is -0.156. The first-order valence-electron chi connectivity index (χ1n) is 5.56. The molecule has 0 aromatic heterocycles. The van der Waals surface area contributed by atoms with Gasteiger partial charge in [-0.15, -0.1) is 0 Å². The molecule has 0 heterocycles. The second-order valence-electron chi connectivity index (χ2n) is 4.10. The van der Waals surface area contributed by atoms with E-state index in [1.807, 2.05) is 13.8 Å². The van der Waals surface area contributed by atoms with Crippen molar-refractivity contribution in [2.45, 2.75) is 25.9 Å². The Labute approximate surface area is 116 Å². The third-order valence-electron chi connectivity index (χ3n) is 1.80. The van der Waals surface area contributed by atoms with E-state index in [4.69, 9.17) is 14.2 Å². The first-order chi connectivity index (χ1) is 8.41. The Morgan fingerprint density at radius 3 is 2.50 bits per heavy atom. The summed E-state index contributed by atoms with van der Waals surface area (Å²) in [5.74, 6) is -0.806. The minimum atomic E-state index is -0.517. The van der Waals surface area contributed by atoms with Crippen molar-refractivity contribution in [2.24, 2.45) is 0 Å². The highest BCUT2D eigenvalue weighted by molar-refractivity contribution is 9.09. The molecule has 0 saturated carbocycles. The van der Waals surface area contributed by atoms with E-state index < -0.39 is 11.6 Å². The lowest BCUT2D eigenvalue weighted by Gasteiger charge is -2.22. The molecule has 0 atom stereocenters. The zero-order chi connectivity index (χ0) is 14.0. The van der Waals surface area contributed by atoms with Crippen molar-refractivity contribution in [3.63, 3.8) is 0 Å². The Kier molecular flexibility index (Phi) is 8.66. The molecule has 0 aliphatic heterocycles. The number of esters is 2. The maximum atomic E-state index is 11.4. The number of alkyl halides is 1. The Morgan fingerprint density at radius 2 is 1.94 bits per heavy atom. The van der Waals surface area contributed by atoms with Gasteiger partial charge in [0.2, 0.25) is 0 Å². The molecule has 0 N–H and O–H groups in total. The van der Waals surface area contributed by atoms with E-state index in [0.717, 1.165) is 6.08 Å². The van der Waals surface area contributed by atoms with Crippen LogP contribution in [0.1, 0.15) is 20.3 Å². The van der Waals surface area contributed by atoms with Crippen molar-refractivity contribution >= 4 is 27.9 Å². The molecule has 0 aromatic rings. The number of hydrogen-bond donors (Lipinski definition) is 0. The zero-order valence-corrected chi connectivity index (χ0v) is 12.3. The predicted molar refractivity (Wildman–Crippen MR) is 70.6 cm³/mol. The van der Waals surface area contributed by atoms with Gasteiger partial charge in [-0.05, 0) is 13.8 Å². The molecule has 0 amide bonds. The van der Waals surface area contributed by atoms with Crippen molar-refractivity contribution in [3.8, 4) is 0 Å². The Balaban J connectivity index is 3.52. The molecule has 0 aliphatic rings. The Hall–Kier alpha value is -0.880. The predicted octanol–water partition coefficient (Wildman–Crippen LogP) is 1.84. The second-order valence-corrected chi connectivity index (χ2v) is 4.66. The third-order valence-corrected chi connectivity index (χ3v) is 3.15. The van der Waals surface area contributed by atoms with Crippen LogP contribution in [0.3, 0.4) is 0 Å². The molecule has 5 nitrogen and oxygen atoms in total. The molecule has 104 valence electrons. The molecule has 18 heavy (non-hydrogen) atoms. The summed E-state index contributed by atoms with van der Waals surface area (Å²) >= 11 is 3.26. The Bertz CT molecular complexity index is 288. The number of ether oxygens (including phenoxy) is 3.